The van der Waals surface area contributed by atoms with Crippen molar-refractivity contribution in [1.82, 2.24) is 0 Å². The van der Waals surface area contributed by atoms with Gasteiger partial charge in [-0.25, -0.2) is 4.90 Å². The van der Waals surface area contributed by atoms with E-state index >= 15 is 0 Å². The van der Waals surface area contributed by atoms with E-state index in [4.69, 9.17) is 11.6 Å². The molecule has 0 radical (unpaired) electrons. The fraction of sp³-hybridized carbons (Fsp3) is 0.318. The first-order chi connectivity index (χ1) is 13.5. The lowest BCUT2D eigenvalue weighted by Gasteiger charge is -2.37. The highest BCUT2D eigenvalue weighted by atomic mass is 35.5. The summed E-state index contributed by atoms with van der Waals surface area (Å²) in [6, 6.07) is 18.8. The van der Waals surface area contributed by atoms with Gasteiger partial charge in [0.25, 0.3) is 5.91 Å². The van der Waals surface area contributed by atoms with Crippen LogP contribution >= 0.6 is 11.6 Å². The highest BCUT2D eigenvalue weighted by Gasteiger charge is 2.49. The SMILES string of the molecule is N#CC1(c2ccccc2)CC[NH+]([C@@H]2CC(=O)N(c3ccc(Cl)cc3)C2=O)CC1. The van der Waals surface area contributed by atoms with Crippen molar-refractivity contribution in [2.75, 3.05) is 18.0 Å². The molecule has 28 heavy (non-hydrogen) atoms. The Bertz CT molecular complexity index is 929. The van der Waals surface area contributed by atoms with Gasteiger partial charge in [-0.05, 0) is 29.8 Å². The van der Waals surface area contributed by atoms with E-state index in [1.54, 1.807) is 24.3 Å². The lowest BCUT2D eigenvalue weighted by molar-refractivity contribution is -0.920. The number of imide groups is 1. The van der Waals surface area contributed by atoms with Gasteiger partial charge in [-0.15, -0.1) is 0 Å². The first-order valence-electron chi connectivity index (χ1n) is 9.48. The molecular weight excluding hydrogens is 374 g/mol. The Morgan fingerprint density at radius 3 is 2.29 bits per heavy atom. The fourth-order valence-corrected chi connectivity index (χ4v) is 4.51. The lowest BCUT2D eigenvalue weighted by Crippen LogP contribution is -3.18. The number of likely N-dealkylation sites (tertiary alicyclic amines) is 1. The number of carbonyl (C=O) groups is 2. The standard InChI is InChI=1S/C22H20ClN3O2/c23-17-6-8-18(9-7-17)26-20(27)14-19(21(26)28)25-12-10-22(15-24,11-13-25)16-4-2-1-3-5-16/h1-9,19H,10-14H2/p+1/t19-/m1/s1. The first-order valence-corrected chi connectivity index (χ1v) is 9.86. The molecule has 0 bridgehead atoms. The zero-order chi connectivity index (χ0) is 19.7. The zero-order valence-corrected chi connectivity index (χ0v) is 16.2. The minimum Gasteiger partial charge on any atom is -0.324 e. The Hall–Kier alpha value is -2.68. The molecular formula is C22H21ClN3O2+. The zero-order valence-electron chi connectivity index (χ0n) is 15.4. The van der Waals surface area contributed by atoms with Crippen molar-refractivity contribution < 1.29 is 14.5 Å². The fourth-order valence-electron chi connectivity index (χ4n) is 4.38. The minimum absolute atomic E-state index is 0.161. The molecule has 2 aromatic carbocycles. The lowest BCUT2D eigenvalue weighted by atomic mass is 9.74. The van der Waals surface area contributed by atoms with Crippen LogP contribution in [0, 0.1) is 11.3 Å². The van der Waals surface area contributed by atoms with Gasteiger partial charge in [-0.3, -0.25) is 9.59 Å². The molecule has 2 aliphatic rings. The summed E-state index contributed by atoms with van der Waals surface area (Å²) in [5.41, 5.74) is 1.09. The maximum atomic E-state index is 13.0. The van der Waals surface area contributed by atoms with Gasteiger partial charge in [0.2, 0.25) is 5.91 Å². The van der Waals surface area contributed by atoms with E-state index in [2.05, 4.69) is 6.07 Å². The van der Waals surface area contributed by atoms with Crippen molar-refractivity contribution in [1.29, 1.82) is 5.26 Å². The summed E-state index contributed by atoms with van der Waals surface area (Å²) in [6.07, 6.45) is 1.57. The molecule has 5 nitrogen and oxygen atoms in total. The van der Waals surface area contributed by atoms with E-state index in [1.165, 1.54) is 4.90 Å². The van der Waals surface area contributed by atoms with Crippen molar-refractivity contribution in [3.63, 3.8) is 0 Å². The molecule has 0 aromatic heterocycles. The van der Waals surface area contributed by atoms with Crippen molar-refractivity contribution in [2.45, 2.75) is 30.7 Å². The van der Waals surface area contributed by atoms with Crippen LogP contribution in [0.1, 0.15) is 24.8 Å². The third-order valence-electron chi connectivity index (χ3n) is 6.01. The number of rotatable bonds is 3. The third kappa shape index (κ3) is 3.19. The average Bonchev–Trinajstić information content (AvgIpc) is 3.03. The van der Waals surface area contributed by atoms with Crippen LogP contribution in [0.5, 0.6) is 0 Å². The monoisotopic (exact) mass is 394 g/mol. The van der Waals surface area contributed by atoms with E-state index in [1.807, 2.05) is 30.3 Å². The molecule has 2 amide bonds. The summed E-state index contributed by atoms with van der Waals surface area (Å²) in [6.45, 7) is 1.39. The predicted molar refractivity (Wildman–Crippen MR) is 106 cm³/mol. The van der Waals surface area contributed by atoms with Crippen LogP contribution in [0.2, 0.25) is 5.02 Å². The second kappa shape index (κ2) is 7.38. The number of carbonyl (C=O) groups excluding carboxylic acids is 2. The molecule has 0 aliphatic carbocycles. The molecule has 2 fully saturated rings. The molecule has 4 rings (SSSR count). The number of nitrogens with one attached hydrogen (secondary N) is 1. The Labute approximate surface area is 169 Å². The molecule has 142 valence electrons. The largest absolute Gasteiger partial charge is 0.324 e. The van der Waals surface area contributed by atoms with Crippen LogP contribution in [0.25, 0.3) is 0 Å². The van der Waals surface area contributed by atoms with Gasteiger partial charge in [0, 0.05) is 17.9 Å². The number of hydrogen-bond acceptors (Lipinski definition) is 3. The van der Waals surface area contributed by atoms with Crippen LogP contribution in [0.4, 0.5) is 5.69 Å². The maximum Gasteiger partial charge on any atom is 0.292 e. The van der Waals surface area contributed by atoms with Gasteiger partial charge in [0.1, 0.15) is 0 Å². The van der Waals surface area contributed by atoms with Gasteiger partial charge < -0.3 is 4.90 Å². The van der Waals surface area contributed by atoms with E-state index in [-0.39, 0.29) is 24.3 Å². The Morgan fingerprint density at radius 1 is 1.04 bits per heavy atom. The normalized spacial score (nSPS) is 27.6. The molecule has 0 unspecified atom stereocenters. The van der Waals surface area contributed by atoms with Gasteiger partial charge in [0.15, 0.2) is 6.04 Å². The topological polar surface area (TPSA) is 65.6 Å². The molecule has 2 saturated heterocycles. The molecule has 1 atom stereocenters. The quantitative estimate of drug-likeness (QED) is 0.811. The number of hydrogen-bond donors (Lipinski definition) is 1. The number of nitrogens with zero attached hydrogens (tertiary/aromatic N) is 2. The predicted octanol–water partition coefficient (Wildman–Crippen LogP) is 2.11. The number of amides is 2. The molecule has 2 heterocycles. The summed E-state index contributed by atoms with van der Waals surface area (Å²) in [5.74, 6) is -0.337. The average molecular weight is 395 g/mol. The Kier molecular flexibility index (Phi) is 4.92. The van der Waals surface area contributed by atoms with Gasteiger partial charge in [-0.2, -0.15) is 5.26 Å². The molecule has 0 spiro atoms. The van der Waals surface area contributed by atoms with E-state index in [0.29, 0.717) is 36.6 Å². The van der Waals surface area contributed by atoms with E-state index in [0.717, 1.165) is 10.5 Å². The van der Waals surface area contributed by atoms with Crippen LogP contribution in [0.15, 0.2) is 54.6 Å². The molecule has 0 saturated carbocycles. The molecule has 6 heteroatoms. The maximum absolute atomic E-state index is 13.0. The Balaban J connectivity index is 1.49. The Morgan fingerprint density at radius 2 is 1.68 bits per heavy atom. The van der Waals surface area contributed by atoms with Gasteiger partial charge in [-0.1, -0.05) is 41.9 Å². The van der Waals surface area contributed by atoms with Crippen molar-refractivity contribution in [2.24, 2.45) is 0 Å². The number of quaternary nitrogens is 1. The van der Waals surface area contributed by atoms with E-state index in [9.17, 15) is 14.9 Å². The molecule has 1 N–H and O–H groups in total. The van der Waals surface area contributed by atoms with Gasteiger partial charge in [0.05, 0.1) is 36.7 Å². The minimum atomic E-state index is -0.508. The number of nitriles is 1. The second-order valence-corrected chi connectivity index (χ2v) is 7.96. The van der Waals surface area contributed by atoms with Crippen LogP contribution in [0.3, 0.4) is 0 Å². The van der Waals surface area contributed by atoms with Crippen LogP contribution in [-0.4, -0.2) is 30.9 Å². The third-order valence-corrected chi connectivity index (χ3v) is 6.26. The highest BCUT2D eigenvalue weighted by molar-refractivity contribution is 6.30. The number of halogens is 1. The smallest absolute Gasteiger partial charge is 0.292 e. The van der Waals surface area contributed by atoms with E-state index < -0.39 is 5.41 Å². The first kappa shape index (κ1) is 18.7. The summed E-state index contributed by atoms with van der Waals surface area (Å²) >= 11 is 5.91. The number of anilines is 1. The van der Waals surface area contributed by atoms with Gasteiger partial charge >= 0.3 is 0 Å². The molecule has 2 aromatic rings. The molecule has 2 aliphatic heterocycles. The van der Waals surface area contributed by atoms with Crippen molar-refractivity contribution in [3.05, 3.63) is 65.2 Å². The van der Waals surface area contributed by atoms with Crippen LogP contribution in [-0.2, 0) is 15.0 Å². The second-order valence-electron chi connectivity index (χ2n) is 7.52. The summed E-state index contributed by atoms with van der Waals surface area (Å²) in [4.78, 5) is 27.9. The number of benzene rings is 2. The van der Waals surface area contributed by atoms with Crippen molar-refractivity contribution in [3.8, 4) is 6.07 Å². The number of piperidine rings is 1. The summed E-state index contributed by atoms with van der Waals surface area (Å²) < 4.78 is 0. The summed E-state index contributed by atoms with van der Waals surface area (Å²) in [5, 5.41) is 10.4. The highest BCUT2D eigenvalue weighted by Crippen LogP contribution is 2.32. The van der Waals surface area contributed by atoms with Crippen LogP contribution < -0.4 is 9.80 Å². The van der Waals surface area contributed by atoms with Crippen molar-refractivity contribution >= 4 is 29.1 Å². The summed E-state index contributed by atoms with van der Waals surface area (Å²) in [7, 11) is 0.